The highest BCUT2D eigenvalue weighted by atomic mass is 127. The minimum absolute atomic E-state index is 0.214. The molecule has 1 atom stereocenters. The summed E-state index contributed by atoms with van der Waals surface area (Å²) < 4.78 is 14.5. The van der Waals surface area contributed by atoms with Crippen molar-refractivity contribution in [2.45, 2.75) is 6.04 Å². The standard InChI is InChI=1S/C6H8FIN2O/c7-1-6(4-11)10-3-5(8)2-9-10/h2-3,6,11H,1,4H2/t6-/m1/s1. The van der Waals surface area contributed by atoms with Crippen LogP contribution in [0.25, 0.3) is 0 Å². The van der Waals surface area contributed by atoms with E-state index in [4.69, 9.17) is 5.11 Å². The highest BCUT2D eigenvalue weighted by molar-refractivity contribution is 14.1. The number of aromatic nitrogens is 2. The van der Waals surface area contributed by atoms with Crippen molar-refractivity contribution in [2.24, 2.45) is 0 Å². The van der Waals surface area contributed by atoms with Crippen molar-refractivity contribution in [2.75, 3.05) is 13.3 Å². The van der Waals surface area contributed by atoms with E-state index < -0.39 is 12.7 Å². The molecule has 1 rings (SSSR count). The van der Waals surface area contributed by atoms with E-state index in [0.29, 0.717) is 0 Å². The molecule has 0 radical (unpaired) electrons. The van der Waals surface area contributed by atoms with Gasteiger partial charge < -0.3 is 5.11 Å². The normalized spacial score (nSPS) is 13.4. The van der Waals surface area contributed by atoms with Gasteiger partial charge in [0.05, 0.1) is 16.4 Å². The Morgan fingerprint density at radius 2 is 2.55 bits per heavy atom. The molecule has 11 heavy (non-hydrogen) atoms. The number of alkyl halides is 1. The molecule has 0 amide bonds. The van der Waals surface area contributed by atoms with Crippen molar-refractivity contribution in [3.63, 3.8) is 0 Å². The largest absolute Gasteiger partial charge is 0.394 e. The Labute approximate surface area is 77.4 Å². The van der Waals surface area contributed by atoms with E-state index in [1.54, 1.807) is 12.4 Å². The first-order chi connectivity index (χ1) is 5.27. The van der Waals surface area contributed by atoms with Crippen LogP contribution in [0.4, 0.5) is 4.39 Å². The lowest BCUT2D eigenvalue weighted by Gasteiger charge is -2.08. The lowest BCUT2D eigenvalue weighted by Crippen LogP contribution is -2.15. The summed E-state index contributed by atoms with van der Waals surface area (Å²) in [5.41, 5.74) is 0. The lowest BCUT2D eigenvalue weighted by molar-refractivity contribution is 0.190. The summed E-state index contributed by atoms with van der Waals surface area (Å²) in [5.74, 6) is 0. The summed E-state index contributed by atoms with van der Waals surface area (Å²) in [4.78, 5) is 0. The van der Waals surface area contributed by atoms with Gasteiger partial charge in [-0.05, 0) is 22.6 Å². The van der Waals surface area contributed by atoms with E-state index in [2.05, 4.69) is 27.7 Å². The molecule has 3 nitrogen and oxygen atoms in total. The molecule has 0 unspecified atom stereocenters. The highest BCUT2D eigenvalue weighted by Gasteiger charge is 2.09. The average molecular weight is 270 g/mol. The van der Waals surface area contributed by atoms with Crippen LogP contribution in [0.15, 0.2) is 12.4 Å². The molecule has 0 saturated carbocycles. The van der Waals surface area contributed by atoms with Gasteiger partial charge in [-0.3, -0.25) is 4.68 Å². The van der Waals surface area contributed by atoms with Gasteiger partial charge in [0.2, 0.25) is 0 Å². The second kappa shape index (κ2) is 4.01. The van der Waals surface area contributed by atoms with Crippen molar-refractivity contribution in [3.8, 4) is 0 Å². The Hall–Kier alpha value is -0.170. The molecule has 0 fully saturated rings. The predicted octanol–water partition coefficient (Wildman–Crippen LogP) is 0.991. The van der Waals surface area contributed by atoms with Crippen LogP contribution in [-0.4, -0.2) is 28.2 Å². The molecule has 5 heteroatoms. The van der Waals surface area contributed by atoms with Crippen LogP contribution in [0.1, 0.15) is 6.04 Å². The van der Waals surface area contributed by atoms with Crippen molar-refractivity contribution in [1.82, 2.24) is 9.78 Å². The minimum Gasteiger partial charge on any atom is -0.394 e. The summed E-state index contributed by atoms with van der Waals surface area (Å²) in [6, 6.07) is -0.529. The molecule has 0 saturated heterocycles. The van der Waals surface area contributed by atoms with Crippen LogP contribution < -0.4 is 0 Å². The van der Waals surface area contributed by atoms with E-state index in [1.807, 2.05) is 0 Å². The maximum Gasteiger partial charge on any atom is 0.114 e. The Morgan fingerprint density at radius 1 is 1.82 bits per heavy atom. The Bertz CT molecular complexity index is 224. The van der Waals surface area contributed by atoms with Crippen molar-refractivity contribution in [3.05, 3.63) is 16.0 Å². The van der Waals surface area contributed by atoms with Gasteiger partial charge >= 0.3 is 0 Å². The Kier molecular flexibility index (Phi) is 3.25. The quantitative estimate of drug-likeness (QED) is 0.832. The van der Waals surface area contributed by atoms with E-state index in [0.717, 1.165) is 3.57 Å². The van der Waals surface area contributed by atoms with E-state index >= 15 is 0 Å². The number of hydrogen-bond donors (Lipinski definition) is 1. The highest BCUT2D eigenvalue weighted by Crippen LogP contribution is 2.08. The van der Waals surface area contributed by atoms with Gasteiger partial charge in [-0.25, -0.2) is 4.39 Å². The zero-order chi connectivity index (χ0) is 8.27. The topological polar surface area (TPSA) is 38.0 Å². The molecule has 1 heterocycles. The van der Waals surface area contributed by atoms with Crippen LogP contribution in [0, 0.1) is 3.57 Å². The fourth-order valence-corrected chi connectivity index (χ4v) is 1.13. The zero-order valence-corrected chi connectivity index (χ0v) is 7.90. The molecule has 0 aromatic carbocycles. The molecular weight excluding hydrogens is 262 g/mol. The average Bonchev–Trinajstić information content (AvgIpc) is 2.39. The smallest absolute Gasteiger partial charge is 0.114 e. The van der Waals surface area contributed by atoms with Crippen LogP contribution in [0.2, 0.25) is 0 Å². The van der Waals surface area contributed by atoms with Crippen molar-refractivity contribution in [1.29, 1.82) is 0 Å². The molecule has 62 valence electrons. The third kappa shape index (κ3) is 2.13. The summed E-state index contributed by atoms with van der Waals surface area (Å²) in [7, 11) is 0. The maximum absolute atomic E-state index is 12.1. The molecule has 0 aliphatic heterocycles. The fourth-order valence-electron chi connectivity index (χ4n) is 0.718. The third-order valence-corrected chi connectivity index (χ3v) is 1.89. The number of rotatable bonds is 3. The first-order valence-corrected chi connectivity index (χ1v) is 4.22. The van der Waals surface area contributed by atoms with Gasteiger partial charge in [-0.15, -0.1) is 0 Å². The molecular formula is C6H8FIN2O. The number of halogens is 2. The minimum atomic E-state index is -0.589. The molecule has 1 N–H and O–H groups in total. The summed E-state index contributed by atoms with van der Waals surface area (Å²) in [6.07, 6.45) is 3.32. The first-order valence-electron chi connectivity index (χ1n) is 3.14. The number of aliphatic hydroxyl groups excluding tert-OH is 1. The SMILES string of the molecule is OC[C@@H](CF)n1cc(I)cn1. The van der Waals surface area contributed by atoms with Crippen LogP contribution in [0.3, 0.4) is 0 Å². The zero-order valence-electron chi connectivity index (χ0n) is 5.74. The second-order valence-corrected chi connectivity index (χ2v) is 3.37. The summed E-state index contributed by atoms with van der Waals surface area (Å²) >= 11 is 2.08. The maximum atomic E-state index is 12.1. The van der Waals surface area contributed by atoms with Gasteiger partial charge in [0.1, 0.15) is 12.7 Å². The molecule has 0 spiro atoms. The number of hydrogen-bond acceptors (Lipinski definition) is 2. The van der Waals surface area contributed by atoms with Gasteiger partial charge in [0.25, 0.3) is 0 Å². The van der Waals surface area contributed by atoms with Gasteiger partial charge in [-0.2, -0.15) is 5.10 Å². The van der Waals surface area contributed by atoms with Gasteiger partial charge in [0, 0.05) is 6.20 Å². The van der Waals surface area contributed by atoms with Gasteiger partial charge in [0.15, 0.2) is 0 Å². The van der Waals surface area contributed by atoms with Crippen LogP contribution in [0.5, 0.6) is 0 Å². The van der Waals surface area contributed by atoms with E-state index in [-0.39, 0.29) is 6.61 Å². The number of aliphatic hydroxyl groups is 1. The predicted molar refractivity (Wildman–Crippen MR) is 47.0 cm³/mol. The monoisotopic (exact) mass is 270 g/mol. The fraction of sp³-hybridized carbons (Fsp3) is 0.500. The van der Waals surface area contributed by atoms with Crippen LogP contribution >= 0.6 is 22.6 Å². The van der Waals surface area contributed by atoms with Crippen molar-refractivity contribution < 1.29 is 9.50 Å². The van der Waals surface area contributed by atoms with E-state index in [9.17, 15) is 4.39 Å². The molecule has 1 aromatic rings. The van der Waals surface area contributed by atoms with Gasteiger partial charge in [-0.1, -0.05) is 0 Å². The lowest BCUT2D eigenvalue weighted by atomic mass is 10.4. The molecule has 0 aliphatic rings. The Morgan fingerprint density at radius 3 is 2.91 bits per heavy atom. The summed E-state index contributed by atoms with van der Waals surface area (Å²) in [6.45, 7) is -0.803. The summed E-state index contributed by atoms with van der Waals surface area (Å²) in [5, 5.41) is 12.6. The molecule has 1 aromatic heterocycles. The number of nitrogens with zero attached hydrogens (tertiary/aromatic N) is 2. The first kappa shape index (κ1) is 8.92. The molecule has 0 bridgehead atoms. The third-order valence-electron chi connectivity index (χ3n) is 1.33. The van der Waals surface area contributed by atoms with Crippen molar-refractivity contribution >= 4 is 22.6 Å². The second-order valence-electron chi connectivity index (χ2n) is 2.13. The van der Waals surface area contributed by atoms with E-state index in [1.165, 1.54) is 4.68 Å². The molecule has 0 aliphatic carbocycles. The van der Waals surface area contributed by atoms with Crippen LogP contribution in [-0.2, 0) is 0 Å². The Balaban J connectivity index is 2.73.